The van der Waals surface area contributed by atoms with Gasteiger partial charge in [-0.05, 0) is 44.6 Å². The third-order valence-electron chi connectivity index (χ3n) is 1.36. The first kappa shape index (κ1) is 9.91. The highest BCUT2D eigenvalue weighted by Gasteiger charge is 2.12. The van der Waals surface area contributed by atoms with E-state index >= 15 is 0 Å². The number of nitrogens with two attached hydrogens (primary N) is 1. The molecule has 0 atom stereocenters. The molecule has 0 saturated heterocycles. The number of hydrogen-bond donors (Lipinski definition) is 1. The molecule has 1 aromatic rings. The molecule has 0 aliphatic heterocycles. The lowest BCUT2D eigenvalue weighted by Gasteiger charge is -2.04. The molecule has 0 heterocycles. The molecular formula is C7H4BrFINO. The van der Waals surface area contributed by atoms with Gasteiger partial charge in [-0.25, -0.2) is 4.39 Å². The largest absolute Gasteiger partial charge is 0.397 e. The summed E-state index contributed by atoms with van der Waals surface area (Å²) in [7, 11) is 0. The van der Waals surface area contributed by atoms with Gasteiger partial charge in [-0.3, -0.25) is 4.79 Å². The van der Waals surface area contributed by atoms with Crippen LogP contribution in [0.5, 0.6) is 0 Å². The second-order valence-corrected chi connectivity index (χ2v) is 4.12. The fourth-order valence-electron chi connectivity index (χ4n) is 0.743. The lowest BCUT2D eigenvalue weighted by molar-refractivity contribution is 0.112. The molecule has 12 heavy (non-hydrogen) atoms. The van der Waals surface area contributed by atoms with E-state index < -0.39 is 5.82 Å². The van der Waals surface area contributed by atoms with Crippen molar-refractivity contribution in [3.63, 3.8) is 0 Å². The predicted octanol–water partition coefficient (Wildman–Crippen LogP) is 2.59. The van der Waals surface area contributed by atoms with E-state index in [0.717, 1.165) is 0 Å². The van der Waals surface area contributed by atoms with E-state index in [1.54, 1.807) is 0 Å². The Bertz CT molecular complexity index is 316. The van der Waals surface area contributed by atoms with Gasteiger partial charge < -0.3 is 5.73 Å². The highest BCUT2D eigenvalue weighted by molar-refractivity contribution is 14.1. The fourth-order valence-corrected chi connectivity index (χ4v) is 2.22. The Hall–Kier alpha value is -0.170. The summed E-state index contributed by atoms with van der Waals surface area (Å²) in [5.41, 5.74) is 5.56. The lowest BCUT2D eigenvalue weighted by atomic mass is 10.2. The Morgan fingerprint density at radius 2 is 2.25 bits per heavy atom. The van der Waals surface area contributed by atoms with Gasteiger partial charge in [0.25, 0.3) is 0 Å². The summed E-state index contributed by atoms with van der Waals surface area (Å²) in [5, 5.41) is 0. The fraction of sp³-hybridized carbons (Fsp3) is 0. The Morgan fingerprint density at radius 3 is 2.75 bits per heavy atom. The molecular weight excluding hydrogens is 340 g/mol. The molecule has 1 aromatic carbocycles. The van der Waals surface area contributed by atoms with Crippen molar-refractivity contribution in [2.75, 3.05) is 5.73 Å². The SMILES string of the molecule is Nc1c(I)cc(Br)c(F)c1C=O. The van der Waals surface area contributed by atoms with E-state index in [1.165, 1.54) is 6.07 Å². The van der Waals surface area contributed by atoms with Crippen LogP contribution >= 0.6 is 38.5 Å². The number of hydrogen-bond acceptors (Lipinski definition) is 2. The van der Waals surface area contributed by atoms with Crippen LogP contribution in [0, 0.1) is 9.39 Å². The van der Waals surface area contributed by atoms with Crippen molar-refractivity contribution in [1.29, 1.82) is 0 Å². The van der Waals surface area contributed by atoms with Gasteiger partial charge >= 0.3 is 0 Å². The third kappa shape index (κ3) is 1.61. The van der Waals surface area contributed by atoms with Crippen LogP contribution in [0.4, 0.5) is 10.1 Å². The second-order valence-electron chi connectivity index (χ2n) is 2.10. The van der Waals surface area contributed by atoms with Crippen LogP contribution in [0.15, 0.2) is 10.5 Å². The minimum absolute atomic E-state index is 0.0891. The zero-order chi connectivity index (χ0) is 9.30. The summed E-state index contributed by atoms with van der Waals surface area (Å²) in [6.07, 6.45) is 0.414. The van der Waals surface area contributed by atoms with Gasteiger partial charge in [0.1, 0.15) is 5.82 Å². The van der Waals surface area contributed by atoms with E-state index in [9.17, 15) is 9.18 Å². The zero-order valence-corrected chi connectivity index (χ0v) is 9.52. The minimum Gasteiger partial charge on any atom is -0.397 e. The van der Waals surface area contributed by atoms with Crippen molar-refractivity contribution in [3.05, 3.63) is 25.5 Å². The van der Waals surface area contributed by atoms with E-state index in [4.69, 9.17) is 5.73 Å². The highest BCUT2D eigenvalue weighted by atomic mass is 127. The first-order valence-corrected chi connectivity index (χ1v) is 4.83. The first-order valence-electron chi connectivity index (χ1n) is 2.96. The molecule has 2 N–H and O–H groups in total. The maximum Gasteiger partial charge on any atom is 0.155 e. The highest BCUT2D eigenvalue weighted by Crippen LogP contribution is 2.27. The monoisotopic (exact) mass is 343 g/mol. The number of rotatable bonds is 1. The van der Waals surface area contributed by atoms with Crippen molar-refractivity contribution >= 4 is 50.5 Å². The standard InChI is InChI=1S/C7H4BrFINO/c8-4-1-5(10)7(11)3(2-12)6(4)9/h1-2H,11H2. The van der Waals surface area contributed by atoms with Gasteiger partial charge in [-0.15, -0.1) is 0 Å². The molecule has 64 valence electrons. The molecule has 0 fully saturated rings. The first-order chi connectivity index (χ1) is 5.57. The normalized spacial score (nSPS) is 9.92. The molecule has 0 aromatic heterocycles. The van der Waals surface area contributed by atoms with Gasteiger partial charge in [0.15, 0.2) is 6.29 Å². The van der Waals surface area contributed by atoms with Gasteiger partial charge in [0, 0.05) is 3.57 Å². The van der Waals surface area contributed by atoms with Crippen LogP contribution in [-0.2, 0) is 0 Å². The van der Waals surface area contributed by atoms with E-state index in [2.05, 4.69) is 15.9 Å². The molecule has 0 spiro atoms. The molecule has 0 aliphatic rings. The summed E-state index contributed by atoms with van der Waals surface area (Å²) in [4.78, 5) is 10.4. The molecule has 2 nitrogen and oxygen atoms in total. The van der Waals surface area contributed by atoms with Gasteiger partial charge in [0.2, 0.25) is 0 Å². The van der Waals surface area contributed by atoms with Crippen LogP contribution in [-0.4, -0.2) is 6.29 Å². The Labute approximate surface area is 90.6 Å². The number of aldehydes is 1. The number of carbonyl (C=O) groups is 1. The summed E-state index contributed by atoms with van der Waals surface area (Å²) >= 11 is 4.91. The van der Waals surface area contributed by atoms with Gasteiger partial charge in [-0.1, -0.05) is 0 Å². The molecule has 0 bridgehead atoms. The molecule has 0 unspecified atom stereocenters. The topological polar surface area (TPSA) is 43.1 Å². The van der Waals surface area contributed by atoms with Crippen molar-refractivity contribution in [1.82, 2.24) is 0 Å². The van der Waals surface area contributed by atoms with Crippen LogP contribution in [0.1, 0.15) is 10.4 Å². The molecule has 0 radical (unpaired) electrons. The third-order valence-corrected chi connectivity index (χ3v) is 2.83. The van der Waals surface area contributed by atoms with Crippen molar-refractivity contribution in [3.8, 4) is 0 Å². The van der Waals surface area contributed by atoms with E-state index in [1.807, 2.05) is 22.6 Å². The summed E-state index contributed by atoms with van der Waals surface area (Å²) in [6.45, 7) is 0. The number of benzene rings is 1. The quantitative estimate of drug-likeness (QED) is 0.368. The maximum atomic E-state index is 13.1. The van der Waals surface area contributed by atoms with Crippen LogP contribution < -0.4 is 5.73 Å². The minimum atomic E-state index is -0.608. The van der Waals surface area contributed by atoms with Gasteiger partial charge in [-0.2, -0.15) is 0 Å². The number of carbonyl (C=O) groups excluding carboxylic acids is 1. The second kappa shape index (κ2) is 3.69. The summed E-state index contributed by atoms with van der Waals surface area (Å²) < 4.78 is 14.0. The summed E-state index contributed by atoms with van der Waals surface area (Å²) in [6, 6.07) is 1.53. The number of halogens is 3. The molecule has 0 saturated carbocycles. The zero-order valence-electron chi connectivity index (χ0n) is 5.77. The molecule has 1 rings (SSSR count). The van der Waals surface area contributed by atoms with Crippen LogP contribution in [0.2, 0.25) is 0 Å². The molecule has 0 amide bonds. The van der Waals surface area contributed by atoms with Crippen molar-refractivity contribution in [2.45, 2.75) is 0 Å². The Morgan fingerprint density at radius 1 is 1.67 bits per heavy atom. The Balaban J connectivity index is 3.52. The molecule has 0 aliphatic carbocycles. The number of nitrogen functional groups attached to an aromatic ring is 1. The van der Waals surface area contributed by atoms with Crippen LogP contribution in [0.25, 0.3) is 0 Å². The summed E-state index contributed by atoms with van der Waals surface area (Å²) in [5.74, 6) is -0.608. The van der Waals surface area contributed by atoms with Crippen LogP contribution in [0.3, 0.4) is 0 Å². The smallest absolute Gasteiger partial charge is 0.155 e. The average Bonchev–Trinajstić information content (AvgIpc) is 2.02. The maximum absolute atomic E-state index is 13.1. The average molecular weight is 344 g/mol. The lowest BCUT2D eigenvalue weighted by Crippen LogP contribution is -2.00. The predicted molar refractivity (Wildman–Crippen MR) is 56.6 cm³/mol. The van der Waals surface area contributed by atoms with E-state index in [-0.39, 0.29) is 15.7 Å². The Kier molecular flexibility index (Phi) is 3.05. The number of anilines is 1. The van der Waals surface area contributed by atoms with Gasteiger partial charge in [0.05, 0.1) is 15.7 Å². The van der Waals surface area contributed by atoms with Crippen molar-refractivity contribution < 1.29 is 9.18 Å². The van der Waals surface area contributed by atoms with Crippen molar-refractivity contribution in [2.24, 2.45) is 0 Å². The van der Waals surface area contributed by atoms with E-state index in [0.29, 0.717) is 9.86 Å². The molecule has 5 heteroatoms.